The first kappa shape index (κ1) is 19.2. The molecule has 1 aliphatic carbocycles. The van der Waals surface area contributed by atoms with E-state index in [1.54, 1.807) is 0 Å². The summed E-state index contributed by atoms with van der Waals surface area (Å²) in [5.74, 6) is 0.155. The second-order valence-corrected chi connectivity index (χ2v) is 7.30. The number of hydrogen-bond acceptors (Lipinski definition) is 2. The summed E-state index contributed by atoms with van der Waals surface area (Å²) in [6.07, 6.45) is 5.06. The molecule has 142 valence electrons. The van der Waals surface area contributed by atoms with Crippen molar-refractivity contribution in [2.75, 3.05) is 11.9 Å². The topological polar surface area (TPSA) is 58.2 Å². The fraction of sp³-hybridized carbons (Fsp3) is 0.391. The van der Waals surface area contributed by atoms with Gasteiger partial charge in [0.1, 0.15) is 0 Å². The highest BCUT2D eigenvalue weighted by molar-refractivity contribution is 5.92. The summed E-state index contributed by atoms with van der Waals surface area (Å²) >= 11 is 0. The molecule has 0 aliphatic heterocycles. The summed E-state index contributed by atoms with van der Waals surface area (Å²) in [4.78, 5) is 24.6. The maximum Gasteiger partial charge on any atom is 0.230 e. The van der Waals surface area contributed by atoms with Gasteiger partial charge in [0, 0.05) is 18.7 Å². The van der Waals surface area contributed by atoms with E-state index in [0.717, 1.165) is 43.4 Å². The summed E-state index contributed by atoms with van der Waals surface area (Å²) in [5, 5.41) is 6.01. The summed E-state index contributed by atoms with van der Waals surface area (Å²) in [5.41, 5.74) is 2.67. The van der Waals surface area contributed by atoms with Crippen molar-refractivity contribution in [2.45, 2.75) is 50.9 Å². The normalized spacial score (nSPS) is 14.4. The molecule has 0 spiro atoms. The highest BCUT2D eigenvalue weighted by Crippen LogP contribution is 2.48. The Morgan fingerprint density at radius 1 is 1.00 bits per heavy atom. The number of carbonyl (C=O) groups excluding carboxylic acids is 2. The minimum absolute atomic E-state index is 0.0457. The fourth-order valence-electron chi connectivity index (χ4n) is 3.34. The van der Waals surface area contributed by atoms with Gasteiger partial charge in [-0.3, -0.25) is 9.59 Å². The van der Waals surface area contributed by atoms with Crippen molar-refractivity contribution in [3.63, 3.8) is 0 Å². The largest absolute Gasteiger partial charge is 0.355 e. The number of rotatable bonds is 9. The minimum atomic E-state index is -0.387. The summed E-state index contributed by atoms with van der Waals surface area (Å²) < 4.78 is 0. The minimum Gasteiger partial charge on any atom is -0.355 e. The van der Waals surface area contributed by atoms with Crippen LogP contribution < -0.4 is 10.6 Å². The van der Waals surface area contributed by atoms with E-state index < -0.39 is 0 Å². The van der Waals surface area contributed by atoms with Gasteiger partial charge < -0.3 is 10.6 Å². The molecule has 0 unspecified atom stereocenters. The number of anilines is 1. The molecule has 4 nitrogen and oxygen atoms in total. The van der Waals surface area contributed by atoms with E-state index in [-0.39, 0.29) is 17.2 Å². The number of amides is 2. The van der Waals surface area contributed by atoms with Crippen molar-refractivity contribution in [3.05, 3.63) is 65.7 Å². The van der Waals surface area contributed by atoms with Crippen molar-refractivity contribution in [1.82, 2.24) is 5.32 Å². The van der Waals surface area contributed by atoms with E-state index in [0.29, 0.717) is 13.0 Å². The molecule has 4 heteroatoms. The molecule has 27 heavy (non-hydrogen) atoms. The third-order valence-electron chi connectivity index (χ3n) is 5.21. The van der Waals surface area contributed by atoms with Crippen molar-refractivity contribution >= 4 is 17.5 Å². The van der Waals surface area contributed by atoms with Crippen LogP contribution in [0.25, 0.3) is 0 Å². The summed E-state index contributed by atoms with van der Waals surface area (Å²) in [6, 6.07) is 17.9. The molecular weight excluding hydrogens is 336 g/mol. The van der Waals surface area contributed by atoms with E-state index in [1.807, 2.05) is 42.5 Å². The SMILES string of the molecule is CCCCC(=O)Nc1ccc(C2(C(=O)NCCc3ccccc3)CC2)cc1. The maximum atomic E-state index is 12.7. The molecule has 1 aliphatic rings. The monoisotopic (exact) mass is 364 g/mol. The van der Waals surface area contributed by atoms with Crippen LogP contribution in [0, 0.1) is 0 Å². The lowest BCUT2D eigenvalue weighted by Gasteiger charge is -2.16. The number of nitrogens with one attached hydrogen (secondary N) is 2. The van der Waals surface area contributed by atoms with Crippen LogP contribution in [-0.4, -0.2) is 18.4 Å². The molecule has 1 fully saturated rings. The number of benzene rings is 2. The van der Waals surface area contributed by atoms with Crippen LogP contribution in [0.15, 0.2) is 54.6 Å². The molecule has 2 N–H and O–H groups in total. The first-order valence-electron chi connectivity index (χ1n) is 9.87. The van der Waals surface area contributed by atoms with Crippen LogP contribution in [0.2, 0.25) is 0 Å². The molecule has 2 aromatic carbocycles. The lowest BCUT2D eigenvalue weighted by atomic mass is 9.94. The van der Waals surface area contributed by atoms with Crippen molar-refractivity contribution in [1.29, 1.82) is 0 Å². The van der Waals surface area contributed by atoms with Gasteiger partial charge in [-0.05, 0) is 48.9 Å². The Hall–Kier alpha value is -2.62. The van der Waals surface area contributed by atoms with Crippen LogP contribution in [0.1, 0.15) is 50.2 Å². The Labute approximate surface area is 161 Å². The van der Waals surface area contributed by atoms with Crippen LogP contribution in [-0.2, 0) is 21.4 Å². The van der Waals surface area contributed by atoms with Gasteiger partial charge in [0.15, 0.2) is 0 Å². The van der Waals surface area contributed by atoms with Crippen LogP contribution in [0.3, 0.4) is 0 Å². The molecular formula is C23H28N2O2. The molecule has 0 bridgehead atoms. The van der Waals surface area contributed by atoms with Gasteiger partial charge in [-0.1, -0.05) is 55.8 Å². The number of carbonyl (C=O) groups is 2. The smallest absolute Gasteiger partial charge is 0.230 e. The maximum absolute atomic E-state index is 12.7. The first-order chi connectivity index (χ1) is 13.1. The highest BCUT2D eigenvalue weighted by atomic mass is 16.2. The summed E-state index contributed by atoms with van der Waals surface area (Å²) in [6.45, 7) is 2.72. The Morgan fingerprint density at radius 2 is 1.70 bits per heavy atom. The van der Waals surface area contributed by atoms with Crippen molar-refractivity contribution in [3.8, 4) is 0 Å². The Balaban J connectivity index is 1.53. The van der Waals surface area contributed by atoms with Crippen LogP contribution in [0.5, 0.6) is 0 Å². The van der Waals surface area contributed by atoms with Gasteiger partial charge in [-0.15, -0.1) is 0 Å². The number of unbranched alkanes of at least 4 members (excludes halogenated alkanes) is 1. The average Bonchev–Trinajstić information content (AvgIpc) is 3.50. The van der Waals surface area contributed by atoms with Crippen LogP contribution in [0.4, 0.5) is 5.69 Å². The Kier molecular flexibility index (Phi) is 6.28. The predicted molar refractivity (Wildman–Crippen MR) is 109 cm³/mol. The quantitative estimate of drug-likeness (QED) is 0.700. The van der Waals surface area contributed by atoms with E-state index in [2.05, 4.69) is 29.7 Å². The van der Waals surface area contributed by atoms with Crippen molar-refractivity contribution in [2.24, 2.45) is 0 Å². The molecule has 0 aromatic heterocycles. The average molecular weight is 364 g/mol. The molecule has 1 saturated carbocycles. The Morgan fingerprint density at radius 3 is 2.33 bits per heavy atom. The van der Waals surface area contributed by atoms with Gasteiger partial charge >= 0.3 is 0 Å². The Bertz CT molecular complexity index is 765. The zero-order chi connectivity index (χ0) is 19.1. The van der Waals surface area contributed by atoms with E-state index in [4.69, 9.17) is 0 Å². The molecule has 0 heterocycles. The molecule has 2 aromatic rings. The molecule has 0 saturated heterocycles. The van der Waals surface area contributed by atoms with Gasteiger partial charge in [0.25, 0.3) is 0 Å². The molecule has 2 amide bonds. The number of hydrogen-bond donors (Lipinski definition) is 2. The van der Waals surface area contributed by atoms with Crippen molar-refractivity contribution < 1.29 is 9.59 Å². The lowest BCUT2D eigenvalue weighted by molar-refractivity contribution is -0.123. The fourth-order valence-corrected chi connectivity index (χ4v) is 3.34. The second kappa shape index (κ2) is 8.85. The molecule has 0 radical (unpaired) electrons. The highest BCUT2D eigenvalue weighted by Gasteiger charge is 2.50. The van der Waals surface area contributed by atoms with E-state index in [9.17, 15) is 9.59 Å². The zero-order valence-corrected chi connectivity index (χ0v) is 16.0. The van der Waals surface area contributed by atoms with Gasteiger partial charge in [0.2, 0.25) is 11.8 Å². The summed E-state index contributed by atoms with van der Waals surface area (Å²) in [7, 11) is 0. The van der Waals surface area contributed by atoms with Crippen LogP contribution >= 0.6 is 0 Å². The van der Waals surface area contributed by atoms with E-state index in [1.165, 1.54) is 5.56 Å². The third-order valence-corrected chi connectivity index (χ3v) is 5.21. The van der Waals surface area contributed by atoms with E-state index >= 15 is 0 Å². The third kappa shape index (κ3) is 4.97. The predicted octanol–water partition coefficient (Wildman–Crippen LogP) is 4.21. The standard InChI is InChI=1S/C23H28N2O2/c1-2-3-9-21(26)25-20-12-10-19(11-13-20)23(15-16-23)22(27)24-17-14-18-7-5-4-6-8-18/h4-8,10-13H,2-3,9,14-17H2,1H3,(H,24,27)(H,25,26). The van der Waals surface area contributed by atoms with Gasteiger partial charge in [0.05, 0.1) is 5.41 Å². The lowest BCUT2D eigenvalue weighted by Crippen LogP contribution is -2.35. The van der Waals surface area contributed by atoms with Gasteiger partial charge in [-0.2, -0.15) is 0 Å². The zero-order valence-electron chi connectivity index (χ0n) is 16.0. The van der Waals surface area contributed by atoms with Gasteiger partial charge in [-0.25, -0.2) is 0 Å². The first-order valence-corrected chi connectivity index (χ1v) is 9.87. The second-order valence-electron chi connectivity index (χ2n) is 7.30. The molecule has 0 atom stereocenters. The molecule has 3 rings (SSSR count).